The van der Waals surface area contributed by atoms with E-state index >= 15 is 0 Å². The fourth-order valence-corrected chi connectivity index (χ4v) is 6.78. The maximum absolute atomic E-state index is 12.7. The number of quaternary nitrogens is 1. The van der Waals surface area contributed by atoms with Crippen LogP contribution in [0.2, 0.25) is 0 Å². The number of hydrogen-bond donors (Lipinski definition) is 1. The Labute approximate surface area is 368 Å². The summed E-state index contributed by atoms with van der Waals surface area (Å²) in [5.74, 6) is -0.838. The van der Waals surface area contributed by atoms with Gasteiger partial charge in [0.25, 0.3) is 0 Å². The van der Waals surface area contributed by atoms with E-state index in [1.54, 1.807) is 0 Å². The minimum Gasteiger partial charge on any atom is -0.462 e. The average molecular weight is 863 g/mol. The van der Waals surface area contributed by atoms with E-state index in [1.807, 2.05) is 21.1 Å². The van der Waals surface area contributed by atoms with E-state index in [-0.39, 0.29) is 26.1 Å². The molecule has 0 heterocycles. The van der Waals surface area contributed by atoms with Crippen LogP contribution in [0, 0.1) is 0 Å². The van der Waals surface area contributed by atoms with Crippen molar-refractivity contribution in [2.45, 2.75) is 187 Å². The van der Waals surface area contributed by atoms with Gasteiger partial charge < -0.3 is 18.9 Å². The van der Waals surface area contributed by atoms with Gasteiger partial charge in [0.05, 0.1) is 27.7 Å². The highest BCUT2D eigenvalue weighted by molar-refractivity contribution is 7.47. The Balaban J connectivity index is 4.37. The SMILES string of the molecule is CC/C=C\C/C=C\C/C=C\CCCCCCCC(=O)OCC(COP(=O)(O)OCC[N+](C)(C)C)OC(=O)CCCCCCCC/C=C\C/C=C\C/C=C\CCCCCCC. The molecular formula is C50H89NO8P+. The molecule has 2 atom stereocenters. The van der Waals surface area contributed by atoms with Gasteiger partial charge in [0.15, 0.2) is 6.10 Å². The number of carbonyl (C=O) groups is 2. The molecule has 0 saturated heterocycles. The Kier molecular flexibility index (Phi) is 40.0. The van der Waals surface area contributed by atoms with Crippen molar-refractivity contribution in [1.82, 2.24) is 0 Å². The second-order valence-electron chi connectivity index (χ2n) is 16.8. The zero-order valence-corrected chi connectivity index (χ0v) is 39.8. The summed E-state index contributed by atoms with van der Waals surface area (Å²) < 4.78 is 34.3. The number of likely N-dealkylation sites (N-methyl/N-ethyl adjacent to an activating group) is 1. The zero-order valence-electron chi connectivity index (χ0n) is 38.9. The number of phosphoric acid groups is 1. The summed E-state index contributed by atoms with van der Waals surface area (Å²) in [5, 5.41) is 0. The molecule has 0 radical (unpaired) electrons. The van der Waals surface area contributed by atoms with Crippen LogP contribution in [-0.4, -0.2) is 74.9 Å². The number of unbranched alkanes of at least 4 members (excludes halogenated alkanes) is 16. The number of hydrogen-bond acceptors (Lipinski definition) is 7. The highest BCUT2D eigenvalue weighted by Gasteiger charge is 2.27. The summed E-state index contributed by atoms with van der Waals surface area (Å²) in [6, 6.07) is 0. The van der Waals surface area contributed by atoms with Crippen molar-refractivity contribution in [3.63, 3.8) is 0 Å². The number of rotatable bonds is 42. The van der Waals surface area contributed by atoms with Crippen molar-refractivity contribution < 1.29 is 42.1 Å². The maximum atomic E-state index is 12.7. The Morgan fingerprint density at radius 1 is 0.533 bits per heavy atom. The van der Waals surface area contributed by atoms with Crippen LogP contribution in [0.15, 0.2) is 72.9 Å². The highest BCUT2D eigenvalue weighted by atomic mass is 31.2. The molecule has 10 heteroatoms. The molecule has 9 nitrogen and oxygen atoms in total. The van der Waals surface area contributed by atoms with Crippen LogP contribution in [0.5, 0.6) is 0 Å². The van der Waals surface area contributed by atoms with Gasteiger partial charge in [-0.1, -0.05) is 157 Å². The van der Waals surface area contributed by atoms with Crippen LogP contribution in [-0.2, 0) is 32.7 Å². The van der Waals surface area contributed by atoms with E-state index in [9.17, 15) is 19.0 Å². The first-order valence-corrected chi connectivity index (χ1v) is 25.2. The van der Waals surface area contributed by atoms with Crippen LogP contribution in [0.3, 0.4) is 0 Å². The van der Waals surface area contributed by atoms with Gasteiger partial charge in [-0.2, -0.15) is 0 Å². The van der Waals surface area contributed by atoms with E-state index in [2.05, 4.69) is 86.8 Å². The molecule has 0 bridgehead atoms. The molecule has 0 saturated carbocycles. The fourth-order valence-electron chi connectivity index (χ4n) is 6.03. The third kappa shape index (κ3) is 45.0. The molecule has 60 heavy (non-hydrogen) atoms. The molecule has 0 aromatic heterocycles. The molecule has 0 aliphatic carbocycles. The van der Waals surface area contributed by atoms with E-state index in [0.29, 0.717) is 23.9 Å². The molecule has 1 N–H and O–H groups in total. The molecule has 0 amide bonds. The van der Waals surface area contributed by atoms with E-state index < -0.39 is 32.5 Å². The first-order chi connectivity index (χ1) is 29.0. The van der Waals surface area contributed by atoms with Crippen LogP contribution in [0.1, 0.15) is 181 Å². The molecular weight excluding hydrogens is 774 g/mol. The number of allylic oxidation sites excluding steroid dienone is 12. The normalized spacial score (nSPS) is 14.2. The van der Waals surface area contributed by atoms with E-state index in [0.717, 1.165) is 103 Å². The van der Waals surface area contributed by atoms with E-state index in [4.69, 9.17) is 18.5 Å². The van der Waals surface area contributed by atoms with Gasteiger partial charge >= 0.3 is 19.8 Å². The largest absolute Gasteiger partial charge is 0.472 e. The third-order valence-corrected chi connectivity index (χ3v) is 10.7. The number of esters is 2. The van der Waals surface area contributed by atoms with Crippen LogP contribution >= 0.6 is 7.82 Å². The summed E-state index contributed by atoms with van der Waals surface area (Å²) in [4.78, 5) is 35.4. The Hall–Kier alpha value is -2.55. The molecule has 0 aromatic carbocycles. The molecule has 0 aliphatic rings. The lowest BCUT2D eigenvalue weighted by atomic mass is 10.1. The number of ether oxygens (including phenoxy) is 2. The van der Waals surface area contributed by atoms with Crippen molar-refractivity contribution in [1.29, 1.82) is 0 Å². The van der Waals surface area contributed by atoms with Gasteiger partial charge in [0.1, 0.15) is 19.8 Å². The van der Waals surface area contributed by atoms with Crippen molar-refractivity contribution in [3.05, 3.63) is 72.9 Å². The standard InChI is InChI=1S/C50H88NO8P/c1-6-8-10-12-14-16-18-20-22-23-24-25-26-27-29-31-33-35-37-39-41-43-50(53)59-48(47-58-60(54,55)57-45-44-51(3,4)5)46-56-49(52)42-40-38-36-34-32-30-28-21-19-17-15-13-11-9-7-2/h9,11,15,17-18,20-21,23-24,26-28,48H,6-8,10,12-14,16,19,22,25,29-47H2,1-5H3/p+1/b11-9-,17-15-,20-18-,24-23-,27-26-,28-21-. The monoisotopic (exact) mass is 863 g/mol. The molecule has 0 rings (SSSR count). The van der Waals surface area contributed by atoms with Crippen LogP contribution < -0.4 is 0 Å². The predicted octanol–water partition coefficient (Wildman–Crippen LogP) is 13.8. The number of phosphoric ester groups is 1. The number of carbonyl (C=O) groups excluding carboxylic acids is 2. The summed E-state index contributed by atoms with van der Waals surface area (Å²) >= 11 is 0. The molecule has 0 aliphatic heterocycles. The fraction of sp³-hybridized carbons (Fsp3) is 0.720. The van der Waals surface area contributed by atoms with Crippen molar-refractivity contribution in [3.8, 4) is 0 Å². The summed E-state index contributed by atoms with van der Waals surface area (Å²) in [6.07, 6.45) is 52.3. The lowest BCUT2D eigenvalue weighted by Crippen LogP contribution is -2.37. The third-order valence-electron chi connectivity index (χ3n) is 9.72. The molecule has 0 fully saturated rings. The van der Waals surface area contributed by atoms with Gasteiger partial charge in [-0.3, -0.25) is 18.6 Å². The minimum absolute atomic E-state index is 0.0222. The van der Waals surface area contributed by atoms with Crippen molar-refractivity contribution in [2.24, 2.45) is 0 Å². The van der Waals surface area contributed by atoms with Crippen molar-refractivity contribution in [2.75, 3.05) is 47.5 Å². The molecule has 346 valence electrons. The highest BCUT2D eigenvalue weighted by Crippen LogP contribution is 2.43. The summed E-state index contributed by atoms with van der Waals surface area (Å²) in [5.41, 5.74) is 0. The average Bonchev–Trinajstić information content (AvgIpc) is 3.20. The van der Waals surface area contributed by atoms with Crippen LogP contribution in [0.4, 0.5) is 0 Å². The summed E-state index contributed by atoms with van der Waals surface area (Å²) in [7, 11) is 1.45. The van der Waals surface area contributed by atoms with Gasteiger partial charge in [0.2, 0.25) is 0 Å². The Bertz CT molecular complexity index is 1250. The quantitative estimate of drug-likeness (QED) is 0.0212. The molecule has 2 unspecified atom stereocenters. The Morgan fingerprint density at radius 3 is 1.42 bits per heavy atom. The first-order valence-electron chi connectivity index (χ1n) is 23.7. The van der Waals surface area contributed by atoms with Crippen LogP contribution in [0.25, 0.3) is 0 Å². The second kappa shape index (κ2) is 41.8. The topological polar surface area (TPSA) is 108 Å². The lowest BCUT2D eigenvalue weighted by molar-refractivity contribution is -0.870. The number of nitrogens with zero attached hydrogens (tertiary/aromatic N) is 1. The lowest BCUT2D eigenvalue weighted by Gasteiger charge is -2.24. The van der Waals surface area contributed by atoms with Gasteiger partial charge in [-0.15, -0.1) is 0 Å². The van der Waals surface area contributed by atoms with Gasteiger partial charge in [-0.05, 0) is 83.5 Å². The Morgan fingerprint density at radius 2 is 0.950 bits per heavy atom. The first kappa shape index (κ1) is 57.4. The zero-order chi connectivity index (χ0) is 44.3. The smallest absolute Gasteiger partial charge is 0.462 e. The summed E-state index contributed by atoms with van der Waals surface area (Å²) in [6.45, 7) is 4.25. The van der Waals surface area contributed by atoms with E-state index in [1.165, 1.54) is 38.5 Å². The van der Waals surface area contributed by atoms with Gasteiger partial charge in [0, 0.05) is 12.8 Å². The maximum Gasteiger partial charge on any atom is 0.472 e. The predicted molar refractivity (Wildman–Crippen MR) is 252 cm³/mol. The minimum atomic E-state index is -4.39. The molecule has 0 aromatic rings. The second-order valence-corrected chi connectivity index (χ2v) is 18.2. The van der Waals surface area contributed by atoms with Gasteiger partial charge in [-0.25, -0.2) is 4.57 Å². The molecule has 0 spiro atoms. The van der Waals surface area contributed by atoms with Crippen molar-refractivity contribution >= 4 is 19.8 Å².